The van der Waals surface area contributed by atoms with Crippen LogP contribution in [0.4, 0.5) is 0 Å². The number of nitrogens with zero attached hydrogens (tertiary/aromatic N) is 2. The molecule has 4 rings (SSSR count). The van der Waals surface area contributed by atoms with Gasteiger partial charge >= 0.3 is 0 Å². The highest BCUT2D eigenvalue weighted by atomic mass is 35.5. The van der Waals surface area contributed by atoms with Crippen LogP contribution in [-0.4, -0.2) is 28.2 Å². The minimum atomic E-state index is 0.0523. The Morgan fingerprint density at radius 2 is 1.93 bits per heavy atom. The number of halogens is 2. The second kappa shape index (κ2) is 8.08. The van der Waals surface area contributed by atoms with Crippen LogP contribution >= 0.6 is 23.2 Å². The van der Waals surface area contributed by atoms with Gasteiger partial charge in [-0.3, -0.25) is 4.90 Å². The molecule has 0 fully saturated rings. The van der Waals surface area contributed by atoms with E-state index in [-0.39, 0.29) is 11.8 Å². The van der Waals surface area contributed by atoms with Crippen LogP contribution < -0.4 is 4.74 Å². The summed E-state index contributed by atoms with van der Waals surface area (Å²) >= 11 is 12.5. The molecule has 1 atom stereocenters. The van der Waals surface area contributed by atoms with Crippen molar-refractivity contribution < 1.29 is 9.84 Å². The van der Waals surface area contributed by atoms with Crippen molar-refractivity contribution in [3.05, 3.63) is 81.6 Å². The molecule has 1 aliphatic rings. The van der Waals surface area contributed by atoms with Gasteiger partial charge in [0, 0.05) is 31.5 Å². The number of fused-ring (bicyclic) bond motifs is 1. The summed E-state index contributed by atoms with van der Waals surface area (Å²) < 4.78 is 7.47. The van der Waals surface area contributed by atoms with Crippen molar-refractivity contribution in [1.82, 2.24) is 9.47 Å². The lowest BCUT2D eigenvalue weighted by Gasteiger charge is -2.31. The molecular weight excluding hydrogens is 395 g/mol. The molecule has 1 aromatic heterocycles. The standard InChI is InChI=1S/C22H22Cl2N2O2/c1-28-21-8-5-15(12-20(21)27)14-26-11-3-10-25-9-2-4-19(25)22(26)16-6-7-17(23)18(24)13-16/h2,4-9,12-13,22,27H,3,10-11,14H2,1H3. The second-order valence-electron chi connectivity index (χ2n) is 7.03. The van der Waals surface area contributed by atoms with E-state index in [0.29, 0.717) is 22.3 Å². The van der Waals surface area contributed by atoms with Crippen LogP contribution in [0.1, 0.15) is 29.3 Å². The van der Waals surface area contributed by atoms with Gasteiger partial charge < -0.3 is 14.4 Å². The lowest BCUT2D eigenvalue weighted by atomic mass is 10.0. The SMILES string of the molecule is COc1ccc(CN2CCCn3cccc3C2c2ccc(Cl)c(Cl)c2)cc1O. The number of phenols is 1. The number of hydrogen-bond acceptors (Lipinski definition) is 3. The number of aromatic nitrogens is 1. The van der Waals surface area contributed by atoms with Gasteiger partial charge in [0.1, 0.15) is 0 Å². The molecule has 3 aromatic rings. The van der Waals surface area contributed by atoms with Crippen LogP contribution in [-0.2, 0) is 13.1 Å². The van der Waals surface area contributed by atoms with Crippen LogP contribution in [0.2, 0.25) is 10.0 Å². The lowest BCUT2D eigenvalue weighted by molar-refractivity contribution is 0.220. The molecule has 1 unspecified atom stereocenters. The van der Waals surface area contributed by atoms with Crippen LogP contribution in [0.3, 0.4) is 0 Å². The first-order valence-corrected chi connectivity index (χ1v) is 10.0. The molecule has 6 heteroatoms. The molecule has 146 valence electrons. The second-order valence-corrected chi connectivity index (χ2v) is 7.85. The van der Waals surface area contributed by atoms with E-state index in [1.54, 1.807) is 19.2 Å². The van der Waals surface area contributed by atoms with E-state index in [1.807, 2.05) is 24.3 Å². The van der Waals surface area contributed by atoms with Crippen LogP contribution in [0, 0.1) is 0 Å². The highest BCUT2D eigenvalue weighted by molar-refractivity contribution is 6.42. The van der Waals surface area contributed by atoms with E-state index in [0.717, 1.165) is 30.6 Å². The summed E-state index contributed by atoms with van der Waals surface area (Å²) in [5.41, 5.74) is 3.37. The van der Waals surface area contributed by atoms with Crippen molar-refractivity contribution in [2.75, 3.05) is 13.7 Å². The smallest absolute Gasteiger partial charge is 0.160 e. The van der Waals surface area contributed by atoms with Crippen LogP contribution in [0.5, 0.6) is 11.5 Å². The lowest BCUT2D eigenvalue weighted by Crippen LogP contribution is -2.29. The highest BCUT2D eigenvalue weighted by Crippen LogP contribution is 2.36. The van der Waals surface area contributed by atoms with Gasteiger partial charge in [0.2, 0.25) is 0 Å². The summed E-state index contributed by atoms with van der Waals surface area (Å²) in [5, 5.41) is 11.3. The first kappa shape index (κ1) is 19.2. The highest BCUT2D eigenvalue weighted by Gasteiger charge is 2.28. The number of benzene rings is 2. The Morgan fingerprint density at radius 1 is 1.07 bits per heavy atom. The molecule has 0 radical (unpaired) electrons. The Hall–Kier alpha value is -2.14. The molecule has 28 heavy (non-hydrogen) atoms. The van der Waals surface area contributed by atoms with Crippen molar-refractivity contribution in [3.8, 4) is 11.5 Å². The largest absolute Gasteiger partial charge is 0.504 e. The molecular formula is C22H22Cl2N2O2. The third-order valence-electron chi connectivity index (χ3n) is 5.24. The van der Waals surface area contributed by atoms with Crippen molar-refractivity contribution in [3.63, 3.8) is 0 Å². The minimum Gasteiger partial charge on any atom is -0.504 e. The van der Waals surface area contributed by atoms with Gasteiger partial charge in [0.25, 0.3) is 0 Å². The minimum absolute atomic E-state index is 0.0523. The summed E-state index contributed by atoms with van der Waals surface area (Å²) in [6.07, 6.45) is 3.17. The van der Waals surface area contributed by atoms with E-state index < -0.39 is 0 Å². The number of phenolic OH excluding ortho intramolecular Hbond substituents is 1. The van der Waals surface area contributed by atoms with Gasteiger partial charge in [-0.05, 0) is 53.9 Å². The number of hydrogen-bond donors (Lipinski definition) is 1. The zero-order chi connectivity index (χ0) is 19.7. The monoisotopic (exact) mass is 416 g/mol. The molecule has 1 N–H and O–H groups in total. The Labute approximate surface area is 174 Å². The molecule has 0 bridgehead atoms. The molecule has 0 saturated heterocycles. The maximum absolute atomic E-state index is 10.2. The zero-order valence-corrected chi connectivity index (χ0v) is 17.1. The fourth-order valence-electron chi connectivity index (χ4n) is 3.94. The molecule has 0 spiro atoms. The fraction of sp³-hybridized carbons (Fsp3) is 0.273. The normalized spacial score (nSPS) is 17.2. The van der Waals surface area contributed by atoms with Gasteiger partial charge in [0.15, 0.2) is 11.5 Å². The summed E-state index contributed by atoms with van der Waals surface area (Å²) in [7, 11) is 1.55. The number of methoxy groups -OCH3 is 1. The van der Waals surface area contributed by atoms with E-state index >= 15 is 0 Å². The zero-order valence-electron chi connectivity index (χ0n) is 15.6. The summed E-state index contributed by atoms with van der Waals surface area (Å²) in [5.74, 6) is 0.638. The van der Waals surface area contributed by atoms with E-state index in [4.69, 9.17) is 27.9 Å². The number of aryl methyl sites for hydroxylation is 1. The average molecular weight is 417 g/mol. The van der Waals surface area contributed by atoms with Crippen molar-refractivity contribution in [2.24, 2.45) is 0 Å². The van der Waals surface area contributed by atoms with Gasteiger partial charge in [-0.25, -0.2) is 0 Å². The fourth-order valence-corrected chi connectivity index (χ4v) is 4.25. The van der Waals surface area contributed by atoms with Gasteiger partial charge in [0.05, 0.1) is 23.2 Å². The predicted octanol–water partition coefficient (Wildman–Crippen LogP) is 5.50. The quantitative estimate of drug-likeness (QED) is 0.609. The maximum atomic E-state index is 10.2. The van der Waals surface area contributed by atoms with Crippen molar-refractivity contribution in [1.29, 1.82) is 0 Å². The van der Waals surface area contributed by atoms with E-state index in [9.17, 15) is 5.11 Å². The molecule has 4 nitrogen and oxygen atoms in total. The molecule has 0 saturated carbocycles. The van der Waals surface area contributed by atoms with E-state index in [2.05, 4.69) is 27.8 Å². The van der Waals surface area contributed by atoms with E-state index in [1.165, 1.54) is 5.69 Å². The molecule has 0 amide bonds. The summed E-state index contributed by atoms with van der Waals surface area (Å²) in [4.78, 5) is 2.42. The summed E-state index contributed by atoms with van der Waals surface area (Å²) in [6, 6.07) is 15.7. The van der Waals surface area contributed by atoms with Gasteiger partial charge in [-0.2, -0.15) is 0 Å². The van der Waals surface area contributed by atoms with Crippen LogP contribution in [0.25, 0.3) is 0 Å². The average Bonchev–Trinajstić information content (AvgIpc) is 3.06. The molecule has 0 aliphatic carbocycles. The topological polar surface area (TPSA) is 37.6 Å². The Balaban J connectivity index is 1.73. The first-order chi connectivity index (χ1) is 13.6. The molecule has 1 aliphatic heterocycles. The number of aromatic hydroxyl groups is 1. The third kappa shape index (κ3) is 3.72. The van der Waals surface area contributed by atoms with Gasteiger partial charge in [-0.1, -0.05) is 35.3 Å². The third-order valence-corrected chi connectivity index (χ3v) is 5.98. The first-order valence-electron chi connectivity index (χ1n) is 9.26. The van der Waals surface area contributed by atoms with Gasteiger partial charge in [-0.15, -0.1) is 0 Å². The maximum Gasteiger partial charge on any atom is 0.160 e. The molecule has 2 heterocycles. The number of ether oxygens (including phenoxy) is 1. The van der Waals surface area contributed by atoms with Crippen molar-refractivity contribution in [2.45, 2.75) is 25.6 Å². The number of rotatable bonds is 4. The van der Waals surface area contributed by atoms with Crippen molar-refractivity contribution >= 4 is 23.2 Å². The Kier molecular flexibility index (Phi) is 5.54. The molecule has 2 aromatic carbocycles. The Morgan fingerprint density at radius 3 is 2.68 bits per heavy atom. The summed E-state index contributed by atoms with van der Waals surface area (Å²) in [6.45, 7) is 2.61. The Bertz CT molecular complexity index is 986. The predicted molar refractivity (Wildman–Crippen MR) is 112 cm³/mol. The van der Waals surface area contributed by atoms with Crippen LogP contribution in [0.15, 0.2) is 54.7 Å².